The van der Waals surface area contributed by atoms with E-state index in [1.165, 1.54) is 0 Å². The van der Waals surface area contributed by atoms with Gasteiger partial charge in [0.05, 0.1) is 0 Å². The molecule has 10 heteroatoms. The first-order chi connectivity index (χ1) is 15.7. The molecule has 1 heterocycles. The van der Waals surface area contributed by atoms with Gasteiger partial charge < -0.3 is 10.6 Å². The van der Waals surface area contributed by atoms with Crippen LogP contribution in [0, 0.1) is 17.6 Å². The molecule has 184 valence electrons. The highest BCUT2D eigenvalue weighted by Gasteiger charge is 2.42. The fourth-order valence-electron chi connectivity index (χ4n) is 4.62. The first-order valence-electron chi connectivity index (χ1n) is 11.7. The number of unbranched alkanes of at least 4 members (excludes halogenated alkanes) is 1. The molecule has 0 spiro atoms. The maximum absolute atomic E-state index is 14.0. The van der Waals surface area contributed by atoms with Crippen LogP contribution in [0.1, 0.15) is 64.7 Å². The second-order valence-electron chi connectivity index (χ2n) is 8.99. The molecule has 1 aliphatic carbocycles. The van der Waals surface area contributed by atoms with E-state index < -0.39 is 38.0 Å². The van der Waals surface area contributed by atoms with E-state index in [1.807, 2.05) is 6.92 Å². The molecule has 0 bridgehead atoms. The van der Waals surface area contributed by atoms with Crippen LogP contribution in [-0.4, -0.2) is 49.7 Å². The summed E-state index contributed by atoms with van der Waals surface area (Å²) in [5.41, 5.74) is -0.920. The standard InChI is InChI=1S/C23H33F2N3O4S/c1-2-3-13-26-22(30)23(11-5-4-6-12-23)27-21(29)17-9-14-28(15-10-17)33(31,32)20-16-18(24)7-8-19(20)25/h7-8,16-17H,2-6,9-15H2,1H3,(H,26,30)(H,27,29). The third-order valence-corrected chi connectivity index (χ3v) is 8.57. The number of rotatable bonds is 8. The largest absolute Gasteiger partial charge is 0.354 e. The van der Waals surface area contributed by atoms with E-state index >= 15 is 0 Å². The second-order valence-corrected chi connectivity index (χ2v) is 10.9. The van der Waals surface area contributed by atoms with Crippen LogP contribution in [0.4, 0.5) is 8.78 Å². The van der Waals surface area contributed by atoms with Gasteiger partial charge in [0.1, 0.15) is 22.1 Å². The number of hydrogen-bond donors (Lipinski definition) is 2. The van der Waals surface area contributed by atoms with Crippen LogP contribution in [0.3, 0.4) is 0 Å². The molecular formula is C23H33F2N3O4S. The lowest BCUT2D eigenvalue weighted by Gasteiger charge is -2.39. The third-order valence-electron chi connectivity index (χ3n) is 6.66. The molecule has 0 aromatic heterocycles. The topological polar surface area (TPSA) is 95.6 Å². The average Bonchev–Trinajstić information content (AvgIpc) is 2.81. The lowest BCUT2D eigenvalue weighted by atomic mass is 9.80. The fourth-order valence-corrected chi connectivity index (χ4v) is 6.17. The Hall–Kier alpha value is -2.07. The Kier molecular flexibility index (Phi) is 8.44. The van der Waals surface area contributed by atoms with Crippen molar-refractivity contribution < 1.29 is 26.8 Å². The molecule has 2 fully saturated rings. The van der Waals surface area contributed by atoms with E-state index in [0.717, 1.165) is 48.5 Å². The number of carbonyl (C=O) groups excluding carboxylic acids is 2. The van der Waals surface area contributed by atoms with Crippen LogP contribution in [0.5, 0.6) is 0 Å². The molecule has 0 atom stereocenters. The van der Waals surface area contributed by atoms with E-state index in [2.05, 4.69) is 10.6 Å². The van der Waals surface area contributed by atoms with Crippen LogP contribution in [0.25, 0.3) is 0 Å². The summed E-state index contributed by atoms with van der Waals surface area (Å²) in [6.07, 6.45) is 6.23. The molecule has 0 radical (unpaired) electrons. The zero-order valence-corrected chi connectivity index (χ0v) is 19.9. The van der Waals surface area contributed by atoms with Crippen LogP contribution >= 0.6 is 0 Å². The van der Waals surface area contributed by atoms with Gasteiger partial charge >= 0.3 is 0 Å². The second kappa shape index (κ2) is 10.9. The Morgan fingerprint density at radius 2 is 1.79 bits per heavy atom. The molecule has 1 saturated heterocycles. The van der Waals surface area contributed by atoms with Gasteiger partial charge in [0, 0.05) is 25.6 Å². The van der Waals surface area contributed by atoms with Crippen LogP contribution in [0.2, 0.25) is 0 Å². The summed E-state index contributed by atoms with van der Waals surface area (Å²) >= 11 is 0. The monoisotopic (exact) mass is 485 g/mol. The van der Waals surface area contributed by atoms with E-state index in [1.54, 1.807) is 0 Å². The Morgan fingerprint density at radius 1 is 1.12 bits per heavy atom. The van der Waals surface area contributed by atoms with Gasteiger partial charge in [-0.3, -0.25) is 9.59 Å². The summed E-state index contributed by atoms with van der Waals surface area (Å²) in [4.78, 5) is 25.3. The van der Waals surface area contributed by atoms with Crippen LogP contribution in [0.15, 0.2) is 23.1 Å². The Balaban J connectivity index is 1.64. The number of carbonyl (C=O) groups is 2. The van der Waals surface area contributed by atoms with Gasteiger partial charge in [-0.15, -0.1) is 0 Å². The number of sulfonamides is 1. The molecule has 1 saturated carbocycles. The quantitative estimate of drug-likeness (QED) is 0.553. The summed E-state index contributed by atoms with van der Waals surface area (Å²) in [6.45, 7) is 2.65. The summed E-state index contributed by atoms with van der Waals surface area (Å²) in [5.74, 6) is -2.69. The predicted molar refractivity (Wildman–Crippen MR) is 120 cm³/mol. The predicted octanol–water partition coefficient (Wildman–Crippen LogP) is 3.10. The van der Waals surface area contributed by atoms with Crippen molar-refractivity contribution in [3.63, 3.8) is 0 Å². The Labute approximate surface area is 194 Å². The summed E-state index contributed by atoms with van der Waals surface area (Å²) in [5, 5.41) is 5.95. The molecule has 3 rings (SSSR count). The zero-order chi connectivity index (χ0) is 24.1. The van der Waals surface area contributed by atoms with E-state index in [9.17, 15) is 26.8 Å². The molecule has 7 nitrogen and oxygen atoms in total. The lowest BCUT2D eigenvalue weighted by Crippen LogP contribution is -2.61. The molecular weight excluding hydrogens is 452 g/mol. The van der Waals surface area contributed by atoms with Gasteiger partial charge in [-0.25, -0.2) is 17.2 Å². The van der Waals surface area contributed by atoms with Gasteiger partial charge in [0.15, 0.2) is 0 Å². The Bertz CT molecular complexity index is 956. The van der Waals surface area contributed by atoms with Crippen molar-refractivity contribution in [3.05, 3.63) is 29.8 Å². The minimum Gasteiger partial charge on any atom is -0.354 e. The van der Waals surface area contributed by atoms with E-state index in [4.69, 9.17) is 0 Å². The van der Waals surface area contributed by atoms with Crippen molar-refractivity contribution in [1.82, 2.24) is 14.9 Å². The zero-order valence-electron chi connectivity index (χ0n) is 19.0. The minimum absolute atomic E-state index is 0.0199. The van der Waals surface area contributed by atoms with Gasteiger partial charge in [-0.05, 0) is 50.3 Å². The van der Waals surface area contributed by atoms with Crippen LogP contribution in [-0.2, 0) is 19.6 Å². The summed E-state index contributed by atoms with van der Waals surface area (Å²) in [6, 6.07) is 2.33. The van der Waals surface area contributed by atoms with E-state index in [0.29, 0.717) is 25.5 Å². The van der Waals surface area contributed by atoms with Gasteiger partial charge in [0.2, 0.25) is 21.8 Å². The number of amides is 2. The van der Waals surface area contributed by atoms with Crippen molar-refractivity contribution in [1.29, 1.82) is 0 Å². The number of hydrogen-bond acceptors (Lipinski definition) is 4. The molecule has 2 aliphatic rings. The van der Waals surface area contributed by atoms with Crippen LogP contribution < -0.4 is 10.6 Å². The molecule has 1 aromatic carbocycles. The number of benzene rings is 1. The maximum Gasteiger partial charge on any atom is 0.246 e. The van der Waals surface area contributed by atoms with Gasteiger partial charge in [-0.1, -0.05) is 32.6 Å². The number of nitrogens with zero attached hydrogens (tertiary/aromatic N) is 1. The van der Waals surface area contributed by atoms with Crippen molar-refractivity contribution in [3.8, 4) is 0 Å². The average molecular weight is 486 g/mol. The smallest absolute Gasteiger partial charge is 0.246 e. The third kappa shape index (κ3) is 5.90. The Morgan fingerprint density at radius 3 is 2.42 bits per heavy atom. The number of nitrogens with one attached hydrogen (secondary N) is 2. The SMILES string of the molecule is CCCCNC(=O)C1(NC(=O)C2CCN(S(=O)(=O)c3cc(F)ccc3F)CC2)CCCCC1. The number of halogens is 2. The molecule has 1 aromatic rings. The van der Waals surface area contributed by atoms with Gasteiger partial charge in [0.25, 0.3) is 0 Å². The summed E-state index contributed by atoms with van der Waals surface area (Å²) < 4.78 is 54.2. The molecule has 33 heavy (non-hydrogen) atoms. The maximum atomic E-state index is 14.0. The van der Waals surface area contributed by atoms with Gasteiger partial charge in [-0.2, -0.15) is 4.31 Å². The van der Waals surface area contributed by atoms with Crippen molar-refractivity contribution in [2.45, 2.75) is 75.1 Å². The van der Waals surface area contributed by atoms with Crippen molar-refractivity contribution >= 4 is 21.8 Å². The highest BCUT2D eigenvalue weighted by atomic mass is 32.2. The molecule has 2 amide bonds. The molecule has 0 unspecified atom stereocenters. The van der Waals surface area contributed by atoms with E-state index in [-0.39, 0.29) is 37.7 Å². The summed E-state index contributed by atoms with van der Waals surface area (Å²) in [7, 11) is -4.21. The first kappa shape index (κ1) is 25.6. The molecule has 2 N–H and O–H groups in total. The first-order valence-corrected chi connectivity index (χ1v) is 13.2. The normalized spacial score (nSPS) is 19.7. The highest BCUT2D eigenvalue weighted by molar-refractivity contribution is 7.89. The number of piperidine rings is 1. The highest BCUT2D eigenvalue weighted by Crippen LogP contribution is 2.31. The molecule has 1 aliphatic heterocycles. The van der Waals surface area contributed by atoms with Crippen molar-refractivity contribution in [2.75, 3.05) is 19.6 Å². The van der Waals surface area contributed by atoms with Crippen molar-refractivity contribution in [2.24, 2.45) is 5.92 Å². The minimum atomic E-state index is -4.21. The fraction of sp³-hybridized carbons (Fsp3) is 0.652. The lowest BCUT2D eigenvalue weighted by molar-refractivity contribution is -0.137.